The summed E-state index contributed by atoms with van der Waals surface area (Å²) < 4.78 is 27.3. The third-order valence-electron chi connectivity index (χ3n) is 5.38. The zero-order valence-electron chi connectivity index (χ0n) is 20.1. The number of amides is 1. The lowest BCUT2D eigenvalue weighted by Gasteiger charge is -2.39. The van der Waals surface area contributed by atoms with Crippen LogP contribution >= 0.6 is 0 Å². The first-order valence-corrected chi connectivity index (χ1v) is 10.8. The van der Waals surface area contributed by atoms with E-state index in [9.17, 15) is 9.90 Å². The van der Waals surface area contributed by atoms with E-state index in [2.05, 4.69) is 0 Å². The number of hydrogen-bond donors (Lipinski definition) is 1. The lowest BCUT2D eigenvalue weighted by Crippen LogP contribution is -2.47. The first kappa shape index (κ1) is 24.7. The number of methoxy groups -OCH3 is 3. The molecule has 1 N–H and O–H groups in total. The predicted molar refractivity (Wildman–Crippen MR) is 123 cm³/mol. The lowest BCUT2D eigenvalue weighted by molar-refractivity contribution is -0.128. The van der Waals surface area contributed by atoms with Gasteiger partial charge >= 0.3 is 6.09 Å². The standard InChI is InChI=1S/C25H33NO7/c1-25(2,3)33-24(28)26-12-11-17-14-18(8-9-19(17)22(26)23(27)31-6)32-15-16-7-10-20(29-4)21(13-16)30-5/h7-10,13-14,22-23,27H,11-12,15H2,1-6H3/t22-,23?/m1/s1. The Labute approximate surface area is 195 Å². The fourth-order valence-electron chi connectivity index (χ4n) is 3.82. The van der Waals surface area contributed by atoms with Crippen molar-refractivity contribution < 1.29 is 33.6 Å². The fourth-order valence-corrected chi connectivity index (χ4v) is 3.82. The van der Waals surface area contributed by atoms with Gasteiger partial charge in [0, 0.05) is 13.7 Å². The highest BCUT2D eigenvalue weighted by Crippen LogP contribution is 2.36. The number of nitrogens with zero attached hydrogens (tertiary/aromatic N) is 1. The predicted octanol–water partition coefficient (Wildman–Crippen LogP) is 4.08. The van der Waals surface area contributed by atoms with Crippen LogP contribution in [-0.2, 0) is 22.5 Å². The summed E-state index contributed by atoms with van der Waals surface area (Å²) in [6.45, 7) is 6.19. The van der Waals surface area contributed by atoms with E-state index in [1.807, 2.05) is 57.2 Å². The molecule has 2 atom stereocenters. The van der Waals surface area contributed by atoms with Gasteiger partial charge in [0.1, 0.15) is 24.0 Å². The van der Waals surface area contributed by atoms with E-state index in [1.165, 1.54) is 12.0 Å². The Morgan fingerprint density at radius 3 is 2.45 bits per heavy atom. The molecule has 1 heterocycles. The molecule has 33 heavy (non-hydrogen) atoms. The molecule has 0 radical (unpaired) electrons. The van der Waals surface area contributed by atoms with Gasteiger partial charge in [-0.3, -0.25) is 4.90 Å². The number of fused-ring (bicyclic) bond motifs is 1. The van der Waals surface area contributed by atoms with Crippen LogP contribution in [0, 0.1) is 0 Å². The van der Waals surface area contributed by atoms with Gasteiger partial charge in [-0.1, -0.05) is 12.1 Å². The van der Waals surface area contributed by atoms with Crippen LogP contribution in [-0.4, -0.2) is 55.9 Å². The second-order valence-electron chi connectivity index (χ2n) is 8.83. The van der Waals surface area contributed by atoms with Gasteiger partial charge in [0.15, 0.2) is 17.8 Å². The van der Waals surface area contributed by atoms with E-state index in [1.54, 1.807) is 14.2 Å². The molecule has 8 heteroatoms. The van der Waals surface area contributed by atoms with Crippen molar-refractivity contribution in [1.29, 1.82) is 0 Å². The van der Waals surface area contributed by atoms with Crippen LogP contribution in [0.4, 0.5) is 4.79 Å². The SMILES string of the molecule is COc1ccc(COc2ccc3c(c2)CCN(C(=O)OC(C)(C)C)[C@H]3C(O)OC)cc1OC. The summed E-state index contributed by atoms with van der Waals surface area (Å²) >= 11 is 0. The van der Waals surface area contributed by atoms with Crippen molar-refractivity contribution in [3.05, 3.63) is 53.1 Å². The van der Waals surface area contributed by atoms with Crippen molar-refractivity contribution in [3.63, 3.8) is 0 Å². The second-order valence-corrected chi connectivity index (χ2v) is 8.83. The summed E-state index contributed by atoms with van der Waals surface area (Å²) in [5.74, 6) is 2.00. The van der Waals surface area contributed by atoms with Crippen LogP contribution in [0.15, 0.2) is 36.4 Å². The van der Waals surface area contributed by atoms with Crippen molar-refractivity contribution in [2.75, 3.05) is 27.9 Å². The van der Waals surface area contributed by atoms with Gasteiger partial charge < -0.3 is 28.8 Å². The van der Waals surface area contributed by atoms with Gasteiger partial charge in [-0.05, 0) is 68.1 Å². The van der Waals surface area contributed by atoms with E-state index in [-0.39, 0.29) is 0 Å². The summed E-state index contributed by atoms with van der Waals surface area (Å²) in [5, 5.41) is 10.5. The van der Waals surface area contributed by atoms with Crippen molar-refractivity contribution in [1.82, 2.24) is 4.90 Å². The molecular weight excluding hydrogens is 426 g/mol. The van der Waals surface area contributed by atoms with Crippen molar-refractivity contribution in [2.45, 2.75) is 51.7 Å². The summed E-state index contributed by atoms with van der Waals surface area (Å²) in [6.07, 6.45) is -1.06. The Kier molecular flexibility index (Phi) is 7.71. The molecule has 1 aliphatic rings. The van der Waals surface area contributed by atoms with Crippen LogP contribution in [0.25, 0.3) is 0 Å². The molecule has 0 saturated carbocycles. The minimum Gasteiger partial charge on any atom is -0.493 e. The largest absolute Gasteiger partial charge is 0.493 e. The zero-order valence-corrected chi connectivity index (χ0v) is 20.1. The van der Waals surface area contributed by atoms with E-state index >= 15 is 0 Å². The highest BCUT2D eigenvalue weighted by Gasteiger charge is 2.38. The Morgan fingerprint density at radius 2 is 1.82 bits per heavy atom. The van der Waals surface area contributed by atoms with Gasteiger partial charge in [0.2, 0.25) is 0 Å². The molecule has 1 unspecified atom stereocenters. The average Bonchev–Trinajstić information content (AvgIpc) is 2.79. The topological polar surface area (TPSA) is 86.7 Å². The summed E-state index contributed by atoms with van der Waals surface area (Å²) in [4.78, 5) is 14.3. The number of aliphatic hydroxyl groups is 1. The maximum absolute atomic E-state index is 12.8. The highest BCUT2D eigenvalue weighted by molar-refractivity contribution is 5.69. The van der Waals surface area contributed by atoms with Gasteiger partial charge in [0.25, 0.3) is 0 Å². The fraction of sp³-hybridized carbons (Fsp3) is 0.480. The normalized spacial score (nSPS) is 16.6. The van der Waals surface area contributed by atoms with E-state index in [0.717, 1.165) is 16.7 Å². The Morgan fingerprint density at radius 1 is 1.09 bits per heavy atom. The number of aliphatic hydroxyl groups excluding tert-OH is 1. The zero-order chi connectivity index (χ0) is 24.2. The second kappa shape index (κ2) is 10.3. The van der Waals surface area contributed by atoms with Crippen molar-refractivity contribution in [3.8, 4) is 17.2 Å². The first-order chi connectivity index (χ1) is 15.7. The number of hydrogen-bond acceptors (Lipinski definition) is 7. The summed E-state index contributed by atoms with van der Waals surface area (Å²) in [5.41, 5.74) is 2.09. The maximum Gasteiger partial charge on any atom is 0.410 e. The number of carbonyl (C=O) groups excluding carboxylic acids is 1. The van der Waals surface area contributed by atoms with Crippen LogP contribution in [0.3, 0.4) is 0 Å². The number of benzene rings is 2. The van der Waals surface area contributed by atoms with E-state index < -0.39 is 24.0 Å². The molecule has 0 spiro atoms. The molecule has 180 valence electrons. The van der Waals surface area contributed by atoms with Gasteiger partial charge in [-0.25, -0.2) is 4.79 Å². The molecular formula is C25H33NO7. The molecule has 0 aromatic heterocycles. The molecule has 0 saturated heterocycles. The molecule has 1 amide bonds. The van der Waals surface area contributed by atoms with E-state index in [4.69, 9.17) is 23.7 Å². The highest BCUT2D eigenvalue weighted by atomic mass is 16.6. The van der Waals surface area contributed by atoms with Crippen LogP contribution < -0.4 is 14.2 Å². The summed E-state index contributed by atoms with van der Waals surface area (Å²) in [7, 11) is 4.60. The smallest absolute Gasteiger partial charge is 0.410 e. The van der Waals surface area contributed by atoms with Crippen molar-refractivity contribution in [2.24, 2.45) is 0 Å². The van der Waals surface area contributed by atoms with Crippen molar-refractivity contribution >= 4 is 6.09 Å². The molecule has 8 nitrogen and oxygen atoms in total. The Hall–Kier alpha value is -2.97. The quantitative estimate of drug-likeness (QED) is 0.624. The van der Waals surface area contributed by atoms with Crippen LogP contribution in [0.2, 0.25) is 0 Å². The minimum absolute atomic E-state index is 0.354. The lowest BCUT2D eigenvalue weighted by atomic mass is 9.92. The first-order valence-electron chi connectivity index (χ1n) is 10.8. The minimum atomic E-state index is -1.19. The number of carbonyl (C=O) groups is 1. The molecule has 0 fully saturated rings. The van der Waals surface area contributed by atoms with Crippen LogP contribution in [0.5, 0.6) is 17.2 Å². The van der Waals surface area contributed by atoms with Gasteiger partial charge in [-0.15, -0.1) is 0 Å². The number of rotatable bonds is 7. The molecule has 2 aromatic rings. The molecule has 3 rings (SSSR count). The number of ether oxygens (including phenoxy) is 5. The molecule has 1 aliphatic heterocycles. The Bertz CT molecular complexity index is 970. The van der Waals surface area contributed by atoms with Crippen LogP contribution in [0.1, 0.15) is 43.5 Å². The average molecular weight is 460 g/mol. The van der Waals surface area contributed by atoms with Gasteiger partial charge in [0.05, 0.1) is 14.2 Å². The van der Waals surface area contributed by atoms with Gasteiger partial charge in [-0.2, -0.15) is 0 Å². The summed E-state index contributed by atoms with van der Waals surface area (Å²) in [6, 6.07) is 10.6. The van der Waals surface area contributed by atoms with E-state index in [0.29, 0.717) is 36.8 Å². The molecule has 2 aromatic carbocycles. The Balaban J connectivity index is 1.79. The monoisotopic (exact) mass is 459 g/mol. The third kappa shape index (κ3) is 5.89. The maximum atomic E-state index is 12.8. The third-order valence-corrected chi connectivity index (χ3v) is 5.38. The molecule has 0 aliphatic carbocycles. The molecule has 0 bridgehead atoms.